The van der Waals surface area contributed by atoms with Crippen molar-refractivity contribution >= 4 is 27.3 Å². The molecule has 0 fully saturated rings. The number of carbonyl (C=O) groups excluding carboxylic acids is 1. The molecule has 0 saturated heterocycles. The van der Waals surface area contributed by atoms with Crippen LogP contribution in [0.25, 0.3) is 0 Å². The summed E-state index contributed by atoms with van der Waals surface area (Å²) in [6, 6.07) is 14.9. The molecule has 0 saturated carbocycles. The first-order valence-electron chi connectivity index (χ1n) is 7.43. The van der Waals surface area contributed by atoms with Crippen LogP contribution in [0.3, 0.4) is 0 Å². The first kappa shape index (κ1) is 18.5. The molecule has 2 aromatic carbocycles. The van der Waals surface area contributed by atoms with Crippen molar-refractivity contribution < 1.29 is 18.3 Å². The standard InChI is InChI=1S/C17H19N3O4S/c1-13(15-10-6-7-11-16(15)21)18-19-17(22)12-20(25(2,23)24)14-8-4-3-5-9-14/h3-11,21H,12H2,1-2H3,(H,19,22)/b18-13+. The number of carbonyl (C=O) groups is 1. The fraction of sp³-hybridized carbons (Fsp3) is 0.176. The van der Waals surface area contributed by atoms with Crippen LogP contribution in [0.15, 0.2) is 59.7 Å². The first-order valence-corrected chi connectivity index (χ1v) is 9.28. The van der Waals surface area contributed by atoms with E-state index in [2.05, 4.69) is 10.5 Å². The van der Waals surface area contributed by atoms with Gasteiger partial charge in [-0.15, -0.1) is 0 Å². The van der Waals surface area contributed by atoms with Gasteiger partial charge in [-0.3, -0.25) is 9.10 Å². The molecule has 8 heteroatoms. The molecule has 0 heterocycles. The molecule has 0 atom stereocenters. The smallest absolute Gasteiger partial charge is 0.260 e. The Morgan fingerprint density at radius 1 is 1.12 bits per heavy atom. The zero-order valence-electron chi connectivity index (χ0n) is 13.9. The summed E-state index contributed by atoms with van der Waals surface area (Å²) >= 11 is 0. The molecule has 2 N–H and O–H groups in total. The Morgan fingerprint density at radius 2 is 1.72 bits per heavy atom. The molecule has 0 bridgehead atoms. The highest BCUT2D eigenvalue weighted by Gasteiger charge is 2.20. The van der Waals surface area contributed by atoms with Crippen LogP contribution in [0, 0.1) is 0 Å². The molecule has 0 aromatic heterocycles. The maximum atomic E-state index is 12.1. The maximum absolute atomic E-state index is 12.1. The van der Waals surface area contributed by atoms with Gasteiger partial charge in [-0.25, -0.2) is 13.8 Å². The molecule has 2 rings (SSSR count). The zero-order chi connectivity index (χ0) is 18.4. The number of para-hydroxylation sites is 2. The zero-order valence-corrected chi connectivity index (χ0v) is 14.7. The predicted molar refractivity (Wildman–Crippen MR) is 97.1 cm³/mol. The molecule has 1 amide bonds. The van der Waals surface area contributed by atoms with E-state index in [1.165, 1.54) is 6.07 Å². The molecule has 7 nitrogen and oxygen atoms in total. The van der Waals surface area contributed by atoms with Gasteiger partial charge >= 0.3 is 0 Å². The minimum Gasteiger partial charge on any atom is -0.507 e. The topological polar surface area (TPSA) is 99.1 Å². The number of nitrogens with zero attached hydrogens (tertiary/aromatic N) is 2. The highest BCUT2D eigenvalue weighted by atomic mass is 32.2. The van der Waals surface area contributed by atoms with E-state index >= 15 is 0 Å². The summed E-state index contributed by atoms with van der Waals surface area (Å²) in [4.78, 5) is 12.1. The van der Waals surface area contributed by atoms with Crippen molar-refractivity contribution in [1.82, 2.24) is 5.43 Å². The summed E-state index contributed by atoms with van der Waals surface area (Å²) in [7, 11) is -3.63. The van der Waals surface area contributed by atoms with Gasteiger partial charge in [0.2, 0.25) is 10.0 Å². The van der Waals surface area contributed by atoms with Crippen LogP contribution >= 0.6 is 0 Å². The number of phenols is 1. The number of benzene rings is 2. The Hall–Kier alpha value is -2.87. The third kappa shape index (κ3) is 5.05. The van der Waals surface area contributed by atoms with Crippen molar-refractivity contribution in [2.75, 3.05) is 17.1 Å². The van der Waals surface area contributed by atoms with E-state index in [9.17, 15) is 18.3 Å². The summed E-state index contributed by atoms with van der Waals surface area (Å²) in [6.07, 6.45) is 1.03. The van der Waals surface area contributed by atoms with Crippen LogP contribution in [-0.4, -0.2) is 37.9 Å². The van der Waals surface area contributed by atoms with Crippen molar-refractivity contribution in [3.05, 3.63) is 60.2 Å². The Balaban J connectivity index is 2.12. The highest BCUT2D eigenvalue weighted by molar-refractivity contribution is 7.92. The van der Waals surface area contributed by atoms with Gasteiger partial charge in [0, 0.05) is 5.56 Å². The lowest BCUT2D eigenvalue weighted by atomic mass is 10.1. The van der Waals surface area contributed by atoms with Crippen molar-refractivity contribution in [3.8, 4) is 5.75 Å². The number of hydrazone groups is 1. The lowest BCUT2D eigenvalue weighted by Crippen LogP contribution is -2.39. The second-order valence-electron chi connectivity index (χ2n) is 5.35. The number of amides is 1. The predicted octanol–water partition coefficient (Wildman–Crippen LogP) is 1.70. The lowest BCUT2D eigenvalue weighted by molar-refractivity contribution is -0.119. The number of aromatic hydroxyl groups is 1. The molecule has 0 aliphatic carbocycles. The monoisotopic (exact) mass is 361 g/mol. The van der Waals surface area contributed by atoms with E-state index in [1.54, 1.807) is 55.5 Å². The average Bonchev–Trinajstić information content (AvgIpc) is 2.57. The minimum absolute atomic E-state index is 0.0417. The number of anilines is 1. The lowest BCUT2D eigenvalue weighted by Gasteiger charge is -2.21. The minimum atomic E-state index is -3.63. The molecule has 0 unspecified atom stereocenters. The number of rotatable bonds is 6. The Kier molecular flexibility index (Phi) is 5.76. The van der Waals surface area contributed by atoms with Crippen LogP contribution in [-0.2, 0) is 14.8 Å². The van der Waals surface area contributed by atoms with Crippen LogP contribution in [0.2, 0.25) is 0 Å². The van der Waals surface area contributed by atoms with E-state index in [0.29, 0.717) is 17.0 Å². The van der Waals surface area contributed by atoms with Crippen LogP contribution in [0.5, 0.6) is 5.75 Å². The largest absolute Gasteiger partial charge is 0.507 e. The van der Waals surface area contributed by atoms with Gasteiger partial charge in [0.15, 0.2) is 0 Å². The van der Waals surface area contributed by atoms with Crippen LogP contribution in [0.1, 0.15) is 12.5 Å². The molecular formula is C17H19N3O4S. The van der Waals surface area contributed by atoms with Crippen LogP contribution in [0.4, 0.5) is 5.69 Å². The molecule has 0 aliphatic heterocycles. The fourth-order valence-electron chi connectivity index (χ4n) is 2.15. The number of sulfonamides is 1. The maximum Gasteiger partial charge on any atom is 0.260 e. The quantitative estimate of drug-likeness (QED) is 0.604. The molecule has 0 spiro atoms. The Morgan fingerprint density at radius 3 is 2.32 bits per heavy atom. The van der Waals surface area contributed by atoms with E-state index in [-0.39, 0.29) is 5.75 Å². The molecule has 2 aromatic rings. The Labute approximate surface area is 146 Å². The number of phenolic OH excluding ortho intramolecular Hbond substituents is 1. The fourth-order valence-corrected chi connectivity index (χ4v) is 3.00. The van der Waals surface area contributed by atoms with Gasteiger partial charge in [-0.2, -0.15) is 5.10 Å². The van der Waals surface area contributed by atoms with Gasteiger partial charge in [0.1, 0.15) is 12.3 Å². The molecule has 0 radical (unpaired) electrons. The van der Waals surface area contributed by atoms with Gasteiger partial charge in [0.25, 0.3) is 5.91 Å². The van der Waals surface area contributed by atoms with E-state index in [0.717, 1.165) is 10.6 Å². The van der Waals surface area contributed by atoms with Gasteiger partial charge in [-0.1, -0.05) is 30.3 Å². The molecule has 25 heavy (non-hydrogen) atoms. The second kappa shape index (κ2) is 7.80. The summed E-state index contributed by atoms with van der Waals surface area (Å²) in [5, 5.41) is 13.7. The van der Waals surface area contributed by atoms with Crippen molar-refractivity contribution in [3.63, 3.8) is 0 Å². The first-order chi connectivity index (χ1) is 11.8. The number of hydrogen-bond acceptors (Lipinski definition) is 5. The van der Waals surface area contributed by atoms with Crippen molar-refractivity contribution in [2.45, 2.75) is 6.92 Å². The summed E-state index contributed by atoms with van der Waals surface area (Å²) < 4.78 is 24.9. The normalized spacial score (nSPS) is 11.8. The SMILES string of the molecule is C/C(=N\NC(=O)CN(c1ccccc1)S(C)(=O)=O)c1ccccc1O. The van der Waals surface area contributed by atoms with E-state index < -0.39 is 22.5 Å². The van der Waals surface area contributed by atoms with Gasteiger partial charge in [0.05, 0.1) is 17.7 Å². The summed E-state index contributed by atoms with van der Waals surface area (Å²) in [5.41, 5.74) is 3.58. The number of nitrogens with one attached hydrogen (secondary N) is 1. The second-order valence-corrected chi connectivity index (χ2v) is 7.26. The van der Waals surface area contributed by atoms with E-state index in [4.69, 9.17) is 0 Å². The van der Waals surface area contributed by atoms with Crippen LogP contribution < -0.4 is 9.73 Å². The van der Waals surface area contributed by atoms with Crippen molar-refractivity contribution in [1.29, 1.82) is 0 Å². The van der Waals surface area contributed by atoms with Gasteiger partial charge in [-0.05, 0) is 31.2 Å². The Bertz CT molecular complexity index is 880. The number of hydrogen-bond donors (Lipinski definition) is 2. The average molecular weight is 361 g/mol. The molecular weight excluding hydrogens is 342 g/mol. The van der Waals surface area contributed by atoms with Crippen molar-refractivity contribution in [2.24, 2.45) is 5.10 Å². The summed E-state index contributed by atoms with van der Waals surface area (Å²) in [5.74, 6) is -0.552. The molecule has 132 valence electrons. The van der Waals surface area contributed by atoms with E-state index in [1.807, 2.05) is 0 Å². The highest BCUT2D eigenvalue weighted by Crippen LogP contribution is 2.17. The summed E-state index contributed by atoms with van der Waals surface area (Å²) in [6.45, 7) is 1.22. The van der Waals surface area contributed by atoms with Gasteiger partial charge < -0.3 is 5.11 Å². The molecule has 0 aliphatic rings. The third-order valence-electron chi connectivity index (χ3n) is 3.37. The third-order valence-corrected chi connectivity index (χ3v) is 4.51.